The van der Waals surface area contributed by atoms with Gasteiger partial charge in [-0.2, -0.15) is 0 Å². The summed E-state index contributed by atoms with van der Waals surface area (Å²) in [6.07, 6.45) is 4.09. The molecule has 0 bridgehead atoms. The summed E-state index contributed by atoms with van der Waals surface area (Å²) >= 11 is 1.31. The lowest BCUT2D eigenvalue weighted by molar-refractivity contribution is -0.115. The molecule has 0 aliphatic carbocycles. The molecule has 4 aromatic rings. The molecule has 8 heteroatoms. The Morgan fingerprint density at radius 3 is 2.39 bits per heavy atom. The van der Waals surface area contributed by atoms with Crippen LogP contribution in [0.5, 0.6) is 0 Å². The average molecular weight is 462 g/mol. The number of rotatable bonds is 6. The molecule has 0 fully saturated rings. The van der Waals surface area contributed by atoms with Crippen LogP contribution in [-0.4, -0.2) is 30.3 Å². The number of thioether (sulfide) groups is 1. The van der Waals surface area contributed by atoms with Gasteiger partial charge in [0.1, 0.15) is 0 Å². The average Bonchev–Trinajstić information content (AvgIpc) is 3.20. The molecule has 1 amide bonds. The molecule has 33 heavy (non-hydrogen) atoms. The third-order valence-electron chi connectivity index (χ3n) is 5.85. The number of carbonyl (C=O) groups is 1. The van der Waals surface area contributed by atoms with Gasteiger partial charge in [0, 0.05) is 23.8 Å². The largest absolute Gasteiger partial charge is 0.325 e. The number of hydrogen-bond donors (Lipinski definition) is 1. The molecule has 0 radical (unpaired) electrons. The van der Waals surface area contributed by atoms with Gasteiger partial charge < -0.3 is 5.32 Å². The molecule has 0 saturated carbocycles. The van der Waals surface area contributed by atoms with E-state index in [2.05, 4.69) is 15.5 Å². The van der Waals surface area contributed by atoms with Gasteiger partial charge in [0.05, 0.1) is 5.25 Å². The van der Waals surface area contributed by atoms with Gasteiger partial charge in [0.2, 0.25) is 11.6 Å². The van der Waals surface area contributed by atoms with Crippen molar-refractivity contribution in [3.05, 3.63) is 81.4 Å². The van der Waals surface area contributed by atoms with Gasteiger partial charge in [-0.3, -0.25) is 18.6 Å². The lowest BCUT2D eigenvalue weighted by Crippen LogP contribution is -2.26. The van der Waals surface area contributed by atoms with Crippen LogP contribution < -0.4 is 10.9 Å². The van der Waals surface area contributed by atoms with Gasteiger partial charge >= 0.3 is 5.56 Å². The number of hydrogen-bond acceptors (Lipinski definition) is 5. The summed E-state index contributed by atoms with van der Waals surface area (Å²) in [7, 11) is 0. The highest BCUT2D eigenvalue weighted by Crippen LogP contribution is 2.27. The fourth-order valence-electron chi connectivity index (χ4n) is 3.69. The molecule has 2 aromatic carbocycles. The Labute approximate surface area is 196 Å². The molecule has 2 aromatic heterocycles. The zero-order chi connectivity index (χ0) is 23.7. The minimum absolute atomic E-state index is 0.0971. The number of carbonyl (C=O) groups excluding carboxylic acids is 1. The number of para-hydroxylation sites is 1. The van der Waals surface area contributed by atoms with Crippen LogP contribution in [0.4, 0.5) is 5.69 Å². The van der Waals surface area contributed by atoms with Gasteiger partial charge in [0.15, 0.2) is 5.16 Å². The Morgan fingerprint density at radius 2 is 1.73 bits per heavy atom. The van der Waals surface area contributed by atoms with Crippen LogP contribution in [-0.2, 0) is 4.79 Å². The van der Waals surface area contributed by atoms with Crippen LogP contribution in [0, 0.1) is 27.7 Å². The van der Waals surface area contributed by atoms with Crippen molar-refractivity contribution in [2.24, 2.45) is 0 Å². The van der Waals surface area contributed by atoms with Crippen molar-refractivity contribution in [2.75, 3.05) is 5.32 Å². The minimum atomic E-state index is -0.376. The second kappa shape index (κ2) is 9.23. The molecule has 7 nitrogen and oxygen atoms in total. The fourth-order valence-corrected chi connectivity index (χ4v) is 4.63. The molecule has 4 rings (SSSR count). The highest BCUT2D eigenvalue weighted by atomic mass is 32.2. The molecular formula is C25H27N5O2S. The maximum absolute atomic E-state index is 13.1. The van der Waals surface area contributed by atoms with Crippen molar-refractivity contribution in [1.29, 1.82) is 0 Å². The standard InChI is InChI=1S/C25H27N5O2S/c1-6-20(23(31)26-21-16(3)8-7-9-17(21)4)33-25-28-27-22-24(32)29(12-13-30(22)25)19-11-10-15(2)18(5)14-19/h7-14,20H,6H2,1-5H3,(H,26,31). The Kier molecular flexibility index (Phi) is 6.37. The van der Waals surface area contributed by atoms with E-state index in [1.807, 2.05) is 71.0 Å². The quantitative estimate of drug-likeness (QED) is 0.424. The number of nitrogens with zero attached hydrogens (tertiary/aromatic N) is 4. The highest BCUT2D eigenvalue weighted by molar-refractivity contribution is 8.00. The maximum Gasteiger partial charge on any atom is 0.300 e. The van der Waals surface area contributed by atoms with E-state index in [-0.39, 0.29) is 22.4 Å². The van der Waals surface area contributed by atoms with Gasteiger partial charge in [-0.25, -0.2) is 0 Å². The molecular weight excluding hydrogens is 434 g/mol. The fraction of sp³-hybridized carbons (Fsp3) is 0.280. The number of fused-ring (bicyclic) bond motifs is 1. The predicted molar refractivity (Wildman–Crippen MR) is 133 cm³/mol. The van der Waals surface area contributed by atoms with Crippen LogP contribution >= 0.6 is 11.8 Å². The molecule has 0 aliphatic rings. The predicted octanol–water partition coefficient (Wildman–Crippen LogP) is 4.62. The summed E-state index contributed by atoms with van der Waals surface area (Å²) in [5, 5.41) is 11.5. The van der Waals surface area contributed by atoms with Gasteiger partial charge in [-0.05, 0) is 68.5 Å². The van der Waals surface area contributed by atoms with E-state index in [1.165, 1.54) is 17.3 Å². The number of nitrogens with one attached hydrogen (secondary N) is 1. The Hall–Kier alpha value is -3.39. The zero-order valence-corrected chi connectivity index (χ0v) is 20.2. The second-order valence-electron chi connectivity index (χ2n) is 8.19. The van der Waals surface area contributed by atoms with E-state index >= 15 is 0 Å². The number of amides is 1. The van der Waals surface area contributed by atoms with Crippen molar-refractivity contribution in [3.63, 3.8) is 0 Å². The lowest BCUT2D eigenvalue weighted by atomic mass is 10.1. The SMILES string of the molecule is CCC(Sc1nnc2c(=O)n(-c3ccc(C)c(C)c3)ccn12)C(=O)Nc1c(C)cccc1C. The molecule has 1 N–H and O–H groups in total. The van der Waals surface area contributed by atoms with Gasteiger partial charge in [-0.1, -0.05) is 43.0 Å². The lowest BCUT2D eigenvalue weighted by Gasteiger charge is -2.16. The van der Waals surface area contributed by atoms with E-state index in [0.717, 1.165) is 28.1 Å². The number of benzene rings is 2. The molecule has 2 heterocycles. The zero-order valence-electron chi connectivity index (χ0n) is 19.4. The molecule has 1 unspecified atom stereocenters. The van der Waals surface area contributed by atoms with Crippen LogP contribution in [0.2, 0.25) is 0 Å². The number of anilines is 1. The van der Waals surface area contributed by atoms with Gasteiger partial charge in [0.25, 0.3) is 0 Å². The monoisotopic (exact) mass is 461 g/mol. The van der Waals surface area contributed by atoms with E-state index in [4.69, 9.17) is 0 Å². The highest BCUT2D eigenvalue weighted by Gasteiger charge is 2.23. The van der Waals surface area contributed by atoms with Crippen LogP contribution in [0.25, 0.3) is 11.3 Å². The summed E-state index contributed by atoms with van der Waals surface area (Å²) < 4.78 is 3.22. The van der Waals surface area contributed by atoms with Crippen molar-refractivity contribution >= 4 is 29.0 Å². The molecule has 0 aliphatic heterocycles. The van der Waals surface area contributed by atoms with Crippen LogP contribution in [0.3, 0.4) is 0 Å². The molecule has 1 atom stereocenters. The number of aryl methyl sites for hydroxylation is 4. The van der Waals surface area contributed by atoms with Crippen molar-refractivity contribution < 1.29 is 4.79 Å². The summed E-state index contributed by atoms with van der Waals surface area (Å²) in [5.41, 5.74) is 5.89. The molecule has 0 spiro atoms. The van der Waals surface area contributed by atoms with E-state index in [0.29, 0.717) is 11.6 Å². The van der Waals surface area contributed by atoms with E-state index in [9.17, 15) is 9.59 Å². The summed E-state index contributed by atoms with van der Waals surface area (Å²) in [4.78, 5) is 26.1. The summed E-state index contributed by atoms with van der Waals surface area (Å²) in [5.74, 6) is -0.0971. The van der Waals surface area contributed by atoms with Crippen molar-refractivity contribution in [2.45, 2.75) is 51.4 Å². The first-order valence-corrected chi connectivity index (χ1v) is 11.8. The normalized spacial score (nSPS) is 12.2. The third kappa shape index (κ3) is 4.43. The van der Waals surface area contributed by atoms with Crippen LogP contribution in [0.15, 0.2) is 58.7 Å². The Bertz CT molecular complexity index is 1390. The first-order valence-electron chi connectivity index (χ1n) is 10.9. The summed E-state index contributed by atoms with van der Waals surface area (Å²) in [6, 6.07) is 11.8. The van der Waals surface area contributed by atoms with Crippen molar-refractivity contribution in [1.82, 2.24) is 19.2 Å². The van der Waals surface area contributed by atoms with E-state index < -0.39 is 0 Å². The molecule has 170 valence electrons. The molecule has 0 saturated heterocycles. The van der Waals surface area contributed by atoms with Crippen LogP contribution in [0.1, 0.15) is 35.6 Å². The minimum Gasteiger partial charge on any atom is -0.325 e. The number of aromatic nitrogens is 4. The summed E-state index contributed by atoms with van der Waals surface area (Å²) in [6.45, 7) is 9.96. The smallest absolute Gasteiger partial charge is 0.300 e. The Balaban J connectivity index is 1.62. The van der Waals surface area contributed by atoms with E-state index in [1.54, 1.807) is 21.4 Å². The topological polar surface area (TPSA) is 81.3 Å². The third-order valence-corrected chi connectivity index (χ3v) is 7.17. The van der Waals surface area contributed by atoms with Gasteiger partial charge in [-0.15, -0.1) is 10.2 Å². The van der Waals surface area contributed by atoms with Crippen molar-refractivity contribution in [3.8, 4) is 5.69 Å². The second-order valence-corrected chi connectivity index (χ2v) is 9.36. The maximum atomic E-state index is 13.1. The first kappa shape index (κ1) is 22.8. The Morgan fingerprint density at radius 1 is 1.00 bits per heavy atom. The first-order chi connectivity index (χ1) is 15.8.